The minimum Gasteiger partial charge on any atom is -0.372 e. The molecule has 1 amide bonds. The molecule has 8 heteroatoms. The van der Waals surface area contributed by atoms with Gasteiger partial charge in [0.05, 0.1) is 10.6 Å². The smallest absolute Gasteiger partial charge is 0.372 e. The number of benzene rings is 1. The Morgan fingerprint density at radius 3 is 2.48 bits per heavy atom. The maximum atomic E-state index is 12.9. The van der Waals surface area contributed by atoms with Crippen LogP contribution in [0, 0.1) is 0 Å². The lowest BCUT2D eigenvalue weighted by Crippen LogP contribution is -2.23. The van der Waals surface area contributed by atoms with E-state index in [2.05, 4.69) is 10.3 Å². The Kier molecular flexibility index (Phi) is 5.89. The van der Waals surface area contributed by atoms with Crippen LogP contribution >= 0.6 is 11.6 Å². The van der Waals surface area contributed by atoms with Crippen molar-refractivity contribution in [2.75, 3.05) is 23.3 Å². The molecule has 0 aliphatic heterocycles. The fourth-order valence-electron chi connectivity index (χ4n) is 2.34. The first kappa shape index (κ1) is 19.1. The van der Waals surface area contributed by atoms with Crippen LogP contribution in [0.2, 0.25) is 5.02 Å². The topological polar surface area (TPSA) is 45.2 Å². The van der Waals surface area contributed by atoms with Crippen molar-refractivity contribution >= 4 is 28.9 Å². The van der Waals surface area contributed by atoms with E-state index >= 15 is 0 Å². The second-order valence-corrected chi connectivity index (χ2v) is 5.63. The molecule has 0 aliphatic carbocycles. The van der Waals surface area contributed by atoms with Gasteiger partial charge in [-0.3, -0.25) is 9.78 Å². The zero-order valence-corrected chi connectivity index (χ0v) is 14.4. The molecule has 0 saturated carbocycles. The largest absolute Gasteiger partial charge is 0.417 e. The van der Waals surface area contributed by atoms with Gasteiger partial charge in [0.15, 0.2) is 0 Å². The number of alkyl halides is 3. The highest BCUT2D eigenvalue weighted by Crippen LogP contribution is 2.36. The molecule has 1 heterocycles. The van der Waals surface area contributed by atoms with Crippen molar-refractivity contribution in [3.05, 3.63) is 52.8 Å². The lowest BCUT2D eigenvalue weighted by atomic mass is 10.2. The molecule has 0 spiro atoms. The lowest BCUT2D eigenvalue weighted by molar-refractivity contribution is -0.137. The van der Waals surface area contributed by atoms with Crippen molar-refractivity contribution < 1.29 is 18.0 Å². The normalized spacial score (nSPS) is 11.3. The SMILES string of the molecule is CCN(CC)c1ccnc(C(=O)Nc2ccc(Cl)c(C(F)(F)F)c2)c1. The van der Waals surface area contributed by atoms with Crippen LogP contribution in [-0.4, -0.2) is 24.0 Å². The standard InChI is InChI=1S/C17H17ClF3N3O/c1-3-24(4-2)12-7-8-22-15(10-12)16(25)23-11-5-6-14(18)13(9-11)17(19,20)21/h5-10H,3-4H2,1-2H3,(H,23,25). The molecule has 0 fully saturated rings. The maximum absolute atomic E-state index is 12.9. The summed E-state index contributed by atoms with van der Waals surface area (Å²) in [7, 11) is 0. The summed E-state index contributed by atoms with van der Waals surface area (Å²) in [4.78, 5) is 18.3. The lowest BCUT2D eigenvalue weighted by Gasteiger charge is -2.21. The van der Waals surface area contributed by atoms with Gasteiger partial charge in [0.2, 0.25) is 0 Å². The van der Waals surface area contributed by atoms with Crippen molar-refractivity contribution in [1.82, 2.24) is 4.98 Å². The molecule has 1 aromatic heterocycles. The molecule has 134 valence electrons. The molecule has 25 heavy (non-hydrogen) atoms. The maximum Gasteiger partial charge on any atom is 0.417 e. The van der Waals surface area contributed by atoms with E-state index in [-0.39, 0.29) is 11.4 Å². The number of aromatic nitrogens is 1. The molecule has 4 nitrogen and oxygen atoms in total. The van der Waals surface area contributed by atoms with Crippen molar-refractivity contribution in [3.63, 3.8) is 0 Å². The number of anilines is 2. The van der Waals surface area contributed by atoms with Crippen LogP contribution in [0.4, 0.5) is 24.5 Å². The minimum absolute atomic E-state index is 0.00299. The highest BCUT2D eigenvalue weighted by molar-refractivity contribution is 6.31. The van der Waals surface area contributed by atoms with Gasteiger partial charge in [0.1, 0.15) is 5.69 Å². The molecule has 1 N–H and O–H groups in total. The number of nitrogens with zero attached hydrogens (tertiary/aromatic N) is 2. The highest BCUT2D eigenvalue weighted by Gasteiger charge is 2.33. The van der Waals surface area contributed by atoms with Crippen molar-refractivity contribution in [3.8, 4) is 0 Å². The van der Waals surface area contributed by atoms with Gasteiger partial charge in [-0.05, 0) is 44.2 Å². The Bertz CT molecular complexity index is 761. The average molecular weight is 372 g/mol. The van der Waals surface area contributed by atoms with Crippen LogP contribution in [0.25, 0.3) is 0 Å². The molecule has 2 rings (SSSR count). The second-order valence-electron chi connectivity index (χ2n) is 5.22. The number of nitrogens with one attached hydrogen (secondary N) is 1. The number of carbonyl (C=O) groups is 1. The van der Waals surface area contributed by atoms with Gasteiger partial charge in [-0.15, -0.1) is 0 Å². The summed E-state index contributed by atoms with van der Waals surface area (Å²) in [5.74, 6) is -0.593. The van der Waals surface area contributed by atoms with Crippen LogP contribution < -0.4 is 10.2 Å². The molecule has 0 unspecified atom stereocenters. The predicted octanol–water partition coefficient (Wildman–Crippen LogP) is 4.85. The number of rotatable bonds is 5. The van der Waals surface area contributed by atoms with Crippen LogP contribution in [0.5, 0.6) is 0 Å². The summed E-state index contributed by atoms with van der Waals surface area (Å²) in [5.41, 5.74) is -0.0706. The van der Waals surface area contributed by atoms with E-state index in [1.807, 2.05) is 18.7 Å². The van der Waals surface area contributed by atoms with Gasteiger partial charge >= 0.3 is 6.18 Å². The van der Waals surface area contributed by atoms with E-state index in [0.29, 0.717) is 0 Å². The first-order chi connectivity index (χ1) is 11.8. The van der Waals surface area contributed by atoms with Crippen LogP contribution in [0.3, 0.4) is 0 Å². The molecule has 0 bridgehead atoms. The van der Waals surface area contributed by atoms with Gasteiger partial charge in [-0.25, -0.2) is 0 Å². The van der Waals surface area contributed by atoms with E-state index in [1.165, 1.54) is 12.3 Å². The minimum atomic E-state index is -4.60. The Labute approximate surface area is 148 Å². The van der Waals surface area contributed by atoms with E-state index in [1.54, 1.807) is 12.1 Å². The third-order valence-corrected chi connectivity index (χ3v) is 3.96. The van der Waals surface area contributed by atoms with Gasteiger partial charge in [-0.1, -0.05) is 11.6 Å². The summed E-state index contributed by atoms with van der Waals surface area (Å²) < 4.78 is 38.7. The summed E-state index contributed by atoms with van der Waals surface area (Å²) in [6.45, 7) is 5.48. The number of halogens is 4. The predicted molar refractivity (Wildman–Crippen MR) is 92.2 cm³/mol. The first-order valence-electron chi connectivity index (χ1n) is 7.65. The van der Waals surface area contributed by atoms with Gasteiger partial charge in [0.25, 0.3) is 5.91 Å². The Morgan fingerprint density at radius 2 is 1.88 bits per heavy atom. The Morgan fingerprint density at radius 1 is 1.20 bits per heavy atom. The zero-order chi connectivity index (χ0) is 18.6. The highest BCUT2D eigenvalue weighted by atomic mass is 35.5. The number of carbonyl (C=O) groups excluding carboxylic acids is 1. The first-order valence-corrected chi connectivity index (χ1v) is 8.03. The van der Waals surface area contributed by atoms with Gasteiger partial charge in [-0.2, -0.15) is 13.2 Å². The zero-order valence-electron chi connectivity index (χ0n) is 13.7. The third-order valence-electron chi connectivity index (χ3n) is 3.63. The Balaban J connectivity index is 2.24. The molecular formula is C17H17ClF3N3O. The number of hydrogen-bond acceptors (Lipinski definition) is 3. The fourth-order valence-corrected chi connectivity index (χ4v) is 2.57. The molecule has 0 atom stereocenters. The van der Waals surface area contributed by atoms with Gasteiger partial charge < -0.3 is 10.2 Å². The van der Waals surface area contributed by atoms with Gasteiger partial charge in [0, 0.05) is 30.7 Å². The van der Waals surface area contributed by atoms with E-state index in [9.17, 15) is 18.0 Å². The average Bonchev–Trinajstić information content (AvgIpc) is 2.57. The number of hydrogen-bond donors (Lipinski definition) is 1. The summed E-state index contributed by atoms with van der Waals surface area (Å²) in [6, 6.07) is 6.58. The number of amides is 1. The van der Waals surface area contributed by atoms with Crippen LogP contribution in [0.15, 0.2) is 36.5 Å². The Hall–Kier alpha value is -2.28. The van der Waals surface area contributed by atoms with Crippen LogP contribution in [0.1, 0.15) is 29.9 Å². The quantitative estimate of drug-likeness (QED) is 0.817. The van der Waals surface area contributed by atoms with E-state index in [4.69, 9.17) is 11.6 Å². The van der Waals surface area contributed by atoms with E-state index < -0.39 is 22.7 Å². The molecule has 2 aromatic rings. The summed E-state index contributed by atoms with van der Waals surface area (Å²) >= 11 is 5.57. The summed E-state index contributed by atoms with van der Waals surface area (Å²) in [5, 5.41) is 2.00. The van der Waals surface area contributed by atoms with Crippen molar-refractivity contribution in [1.29, 1.82) is 0 Å². The number of pyridine rings is 1. The fraction of sp³-hybridized carbons (Fsp3) is 0.294. The second kappa shape index (κ2) is 7.74. The molecule has 1 aromatic carbocycles. The van der Waals surface area contributed by atoms with Crippen LogP contribution in [-0.2, 0) is 6.18 Å². The molecular weight excluding hydrogens is 355 g/mol. The molecule has 0 saturated heterocycles. The molecule has 0 aliphatic rings. The van der Waals surface area contributed by atoms with Crippen molar-refractivity contribution in [2.24, 2.45) is 0 Å². The van der Waals surface area contributed by atoms with Crippen molar-refractivity contribution in [2.45, 2.75) is 20.0 Å². The van der Waals surface area contributed by atoms with E-state index in [0.717, 1.165) is 30.9 Å². The summed E-state index contributed by atoms with van der Waals surface area (Å²) in [6.07, 6.45) is -3.11. The third kappa shape index (κ3) is 4.63. The monoisotopic (exact) mass is 371 g/mol. The molecule has 0 radical (unpaired) electrons.